The lowest BCUT2D eigenvalue weighted by atomic mass is 9.94. The smallest absolute Gasteiger partial charge is 0.300 e. The third-order valence-corrected chi connectivity index (χ3v) is 6.31. The minimum absolute atomic E-state index is 0.00938. The highest BCUT2D eigenvalue weighted by Crippen LogP contribution is 2.43. The maximum Gasteiger partial charge on any atom is 0.300 e. The van der Waals surface area contributed by atoms with Crippen LogP contribution in [0.4, 0.5) is 20.2 Å². The van der Waals surface area contributed by atoms with Crippen molar-refractivity contribution in [2.24, 2.45) is 0 Å². The van der Waals surface area contributed by atoms with Crippen LogP contribution in [0.2, 0.25) is 0 Å². The van der Waals surface area contributed by atoms with Crippen LogP contribution in [0.15, 0.2) is 66.2 Å². The van der Waals surface area contributed by atoms with Crippen molar-refractivity contribution in [3.8, 4) is 5.75 Å². The Morgan fingerprint density at radius 2 is 1.83 bits per heavy atom. The number of ketones is 1. The van der Waals surface area contributed by atoms with E-state index in [1.165, 1.54) is 6.07 Å². The Morgan fingerprint density at radius 1 is 1.03 bits per heavy atom. The van der Waals surface area contributed by atoms with E-state index in [0.29, 0.717) is 30.0 Å². The number of carbonyl (C=O) groups excluding carboxylic acids is 2. The van der Waals surface area contributed by atoms with E-state index in [1.807, 2.05) is 24.9 Å². The molecule has 3 aromatic rings. The summed E-state index contributed by atoms with van der Waals surface area (Å²) >= 11 is 0. The molecule has 0 spiro atoms. The number of ether oxygens (including phenoxy) is 1. The molecule has 0 aliphatic carbocycles. The highest BCUT2D eigenvalue weighted by molar-refractivity contribution is 6.51. The molecule has 1 fully saturated rings. The minimum Gasteiger partial charge on any atom is -0.507 e. The molecule has 2 aliphatic heterocycles. The molecule has 1 amide bonds. The highest BCUT2D eigenvalue weighted by Gasteiger charge is 2.47. The number of amides is 1. The van der Waals surface area contributed by atoms with Crippen molar-refractivity contribution >= 4 is 28.8 Å². The molecule has 1 atom stereocenters. The van der Waals surface area contributed by atoms with Crippen LogP contribution >= 0.6 is 0 Å². The van der Waals surface area contributed by atoms with Crippen molar-refractivity contribution in [2.75, 3.05) is 30.0 Å². The Kier molecular flexibility index (Phi) is 5.51. The summed E-state index contributed by atoms with van der Waals surface area (Å²) in [5.41, 5.74) is 2.36. The topological polar surface area (TPSA) is 70.1 Å². The number of hydrogen-bond acceptors (Lipinski definition) is 5. The normalized spacial score (nSPS) is 19.0. The fraction of sp³-hybridized carbons (Fsp3) is 0.185. The first kappa shape index (κ1) is 22.6. The zero-order valence-electron chi connectivity index (χ0n) is 19.1. The summed E-state index contributed by atoms with van der Waals surface area (Å²) in [7, 11) is 1.89. The lowest BCUT2D eigenvalue weighted by Crippen LogP contribution is -2.29. The monoisotopic (exact) mass is 476 g/mol. The van der Waals surface area contributed by atoms with E-state index in [9.17, 15) is 23.5 Å². The van der Waals surface area contributed by atoms with Crippen molar-refractivity contribution < 1.29 is 28.2 Å². The molecule has 1 saturated heterocycles. The van der Waals surface area contributed by atoms with E-state index in [2.05, 4.69) is 0 Å². The highest BCUT2D eigenvalue weighted by atomic mass is 19.2. The van der Waals surface area contributed by atoms with Crippen molar-refractivity contribution in [2.45, 2.75) is 13.0 Å². The van der Waals surface area contributed by atoms with E-state index < -0.39 is 29.4 Å². The van der Waals surface area contributed by atoms with E-state index >= 15 is 0 Å². The van der Waals surface area contributed by atoms with Gasteiger partial charge in [-0.2, -0.15) is 0 Å². The van der Waals surface area contributed by atoms with Crippen molar-refractivity contribution in [1.82, 2.24) is 0 Å². The maximum atomic E-state index is 14.1. The number of Topliss-reactive ketones (excluding diaryl/α,β-unsaturated/α-hetero) is 1. The third kappa shape index (κ3) is 3.80. The summed E-state index contributed by atoms with van der Waals surface area (Å²) in [6.07, 6.45) is 0. The molecule has 1 N–H and O–H groups in total. The number of nitrogens with zero attached hydrogens (tertiary/aromatic N) is 2. The van der Waals surface area contributed by atoms with Crippen LogP contribution in [0.5, 0.6) is 5.75 Å². The van der Waals surface area contributed by atoms with Gasteiger partial charge in [-0.15, -0.1) is 0 Å². The number of likely N-dealkylation sites (N-methyl/N-ethyl adjacent to an activating group) is 1. The standard InChI is InChI=1S/C27H22F2N2O4/c1-15-4-3-5-16(12-15)24-23(25(32)17-6-9-22-21(13-17)30(2)10-11-35-22)26(33)27(34)31(24)18-7-8-19(28)20(29)14-18/h3-9,12-14,24,32H,10-11H2,1-2H3/b25-23-. The number of rotatable bonds is 3. The second-order valence-corrected chi connectivity index (χ2v) is 8.63. The summed E-state index contributed by atoms with van der Waals surface area (Å²) in [6.45, 7) is 3.04. The van der Waals surface area contributed by atoms with E-state index in [1.54, 1.807) is 36.4 Å². The lowest BCUT2D eigenvalue weighted by Gasteiger charge is -2.28. The second-order valence-electron chi connectivity index (χ2n) is 8.63. The molecule has 2 heterocycles. The summed E-state index contributed by atoms with van der Waals surface area (Å²) in [5.74, 6) is -3.79. The fourth-order valence-electron chi connectivity index (χ4n) is 4.54. The van der Waals surface area contributed by atoms with E-state index in [4.69, 9.17) is 4.74 Å². The summed E-state index contributed by atoms with van der Waals surface area (Å²) in [5, 5.41) is 11.3. The third-order valence-electron chi connectivity index (χ3n) is 6.31. The molecule has 0 radical (unpaired) electrons. The average Bonchev–Trinajstić information content (AvgIpc) is 3.11. The van der Waals surface area contributed by atoms with Gasteiger partial charge in [0.2, 0.25) is 0 Å². The van der Waals surface area contributed by atoms with Gasteiger partial charge in [-0.05, 0) is 42.8 Å². The van der Waals surface area contributed by atoms with Crippen LogP contribution in [0.3, 0.4) is 0 Å². The first-order valence-corrected chi connectivity index (χ1v) is 11.1. The molecule has 2 aliphatic rings. The number of anilines is 2. The Labute approximate surface area is 200 Å². The quantitative estimate of drug-likeness (QED) is 0.336. The molecule has 0 aromatic heterocycles. The predicted molar refractivity (Wildman–Crippen MR) is 128 cm³/mol. The Morgan fingerprint density at radius 3 is 2.57 bits per heavy atom. The number of hydrogen-bond donors (Lipinski definition) is 1. The average molecular weight is 476 g/mol. The molecule has 0 saturated carbocycles. The number of halogens is 2. The van der Waals surface area contributed by atoms with Gasteiger partial charge in [0.05, 0.1) is 23.8 Å². The Hall–Kier alpha value is -4.20. The molecule has 5 rings (SSSR count). The van der Waals surface area contributed by atoms with Crippen molar-refractivity contribution in [3.05, 3.63) is 94.6 Å². The molecular formula is C27H22F2N2O4. The zero-order chi connectivity index (χ0) is 24.9. The number of aryl methyl sites for hydroxylation is 1. The van der Waals surface area contributed by atoms with Gasteiger partial charge in [0.25, 0.3) is 11.7 Å². The molecule has 178 valence electrons. The number of aliphatic hydroxyl groups excluding tert-OH is 1. The molecule has 35 heavy (non-hydrogen) atoms. The lowest BCUT2D eigenvalue weighted by molar-refractivity contribution is -0.132. The SMILES string of the molecule is Cc1cccc(C2/C(=C(/O)c3ccc4c(c3)N(C)CCO4)C(=O)C(=O)N2c2ccc(F)c(F)c2)c1. The van der Waals surface area contributed by atoms with Crippen LogP contribution in [0.1, 0.15) is 22.7 Å². The van der Waals surface area contributed by atoms with E-state index in [0.717, 1.165) is 28.3 Å². The number of aliphatic hydroxyl groups is 1. The molecule has 6 nitrogen and oxygen atoms in total. The fourth-order valence-corrected chi connectivity index (χ4v) is 4.54. The largest absolute Gasteiger partial charge is 0.507 e. The van der Waals surface area contributed by atoms with Crippen molar-refractivity contribution in [3.63, 3.8) is 0 Å². The van der Waals surface area contributed by atoms with Crippen LogP contribution in [-0.4, -0.2) is 37.0 Å². The second kappa shape index (κ2) is 8.54. The zero-order valence-corrected chi connectivity index (χ0v) is 19.1. The van der Waals surface area contributed by atoms with Crippen molar-refractivity contribution in [1.29, 1.82) is 0 Å². The van der Waals surface area contributed by atoms with Gasteiger partial charge < -0.3 is 14.7 Å². The van der Waals surface area contributed by atoms with Gasteiger partial charge in [0, 0.05) is 24.4 Å². The Balaban J connectivity index is 1.71. The molecule has 8 heteroatoms. The van der Waals surface area contributed by atoms with Crippen LogP contribution in [-0.2, 0) is 9.59 Å². The maximum absolute atomic E-state index is 14.1. The van der Waals surface area contributed by atoms with Gasteiger partial charge >= 0.3 is 0 Å². The van der Waals surface area contributed by atoms with Crippen LogP contribution in [0.25, 0.3) is 5.76 Å². The molecule has 1 unspecified atom stereocenters. The summed E-state index contributed by atoms with van der Waals surface area (Å²) in [4.78, 5) is 29.5. The van der Waals surface area contributed by atoms with Crippen LogP contribution < -0.4 is 14.5 Å². The first-order chi connectivity index (χ1) is 16.8. The van der Waals surface area contributed by atoms with Gasteiger partial charge in [0.1, 0.15) is 18.1 Å². The molecule has 3 aromatic carbocycles. The van der Waals surface area contributed by atoms with E-state index in [-0.39, 0.29) is 17.0 Å². The summed E-state index contributed by atoms with van der Waals surface area (Å²) < 4.78 is 33.4. The summed E-state index contributed by atoms with van der Waals surface area (Å²) in [6, 6.07) is 14.1. The van der Waals surface area contributed by atoms with Gasteiger partial charge in [-0.3, -0.25) is 14.5 Å². The van der Waals surface area contributed by atoms with Gasteiger partial charge in [-0.25, -0.2) is 8.78 Å². The molecule has 0 bridgehead atoms. The minimum atomic E-state index is -1.15. The number of benzene rings is 3. The number of carbonyl (C=O) groups is 2. The van der Waals surface area contributed by atoms with Gasteiger partial charge in [-0.1, -0.05) is 29.8 Å². The predicted octanol–water partition coefficient (Wildman–Crippen LogP) is 4.73. The Bertz CT molecular complexity index is 1400. The number of fused-ring (bicyclic) bond motifs is 1. The van der Waals surface area contributed by atoms with Gasteiger partial charge in [0.15, 0.2) is 11.6 Å². The molecular weight excluding hydrogens is 454 g/mol. The van der Waals surface area contributed by atoms with Crippen LogP contribution in [0, 0.1) is 18.6 Å². The first-order valence-electron chi connectivity index (χ1n) is 11.1.